The maximum Gasteiger partial charge on any atom is 0.146 e. The SMILES string of the molecule is C[SH]1C(C[SH](=O)=O)=Nc2c1ccc1ccccc21. The molecule has 0 aromatic heterocycles. The van der Waals surface area contributed by atoms with Crippen LogP contribution < -0.4 is 0 Å². The lowest BCUT2D eigenvalue weighted by atomic mass is 10.1. The molecule has 0 radical (unpaired) electrons. The minimum Gasteiger partial charge on any atom is -0.245 e. The molecular formula is C13H13NO2S2. The molecule has 0 amide bonds. The van der Waals surface area contributed by atoms with Gasteiger partial charge >= 0.3 is 0 Å². The number of nitrogens with zero attached hydrogens (tertiary/aromatic N) is 1. The van der Waals surface area contributed by atoms with E-state index >= 15 is 0 Å². The lowest BCUT2D eigenvalue weighted by Crippen LogP contribution is -2.02. The van der Waals surface area contributed by atoms with Crippen molar-refractivity contribution in [2.45, 2.75) is 4.90 Å². The van der Waals surface area contributed by atoms with E-state index in [1.807, 2.05) is 18.2 Å². The van der Waals surface area contributed by atoms with Gasteiger partial charge in [0.1, 0.15) is 10.7 Å². The molecule has 3 rings (SSSR count). The van der Waals surface area contributed by atoms with Gasteiger partial charge in [-0.15, -0.1) is 0 Å². The van der Waals surface area contributed by atoms with Crippen molar-refractivity contribution in [1.82, 2.24) is 0 Å². The van der Waals surface area contributed by atoms with Gasteiger partial charge in [0, 0.05) is 10.3 Å². The van der Waals surface area contributed by atoms with Crippen molar-refractivity contribution in [3.63, 3.8) is 0 Å². The molecule has 0 fully saturated rings. The van der Waals surface area contributed by atoms with Crippen molar-refractivity contribution < 1.29 is 8.42 Å². The van der Waals surface area contributed by atoms with E-state index in [-0.39, 0.29) is 5.75 Å². The molecule has 3 nitrogen and oxygen atoms in total. The highest BCUT2D eigenvalue weighted by Gasteiger charge is 2.22. The average Bonchev–Trinajstić information content (AvgIpc) is 2.66. The Morgan fingerprint density at radius 1 is 1.17 bits per heavy atom. The first-order valence-corrected chi connectivity index (χ1v) is 8.77. The smallest absolute Gasteiger partial charge is 0.146 e. The standard InChI is InChI=1S/C13H13NO2S2/c1-17-11-7-6-9-4-2-3-5-10(9)13(11)14-12(17)8-18(15)16/h2-7,17-18H,8H2,1H3. The maximum atomic E-state index is 10.9. The van der Waals surface area contributed by atoms with Crippen LogP contribution >= 0.6 is 10.9 Å². The summed E-state index contributed by atoms with van der Waals surface area (Å²) in [5, 5.41) is 3.07. The zero-order chi connectivity index (χ0) is 12.7. The van der Waals surface area contributed by atoms with E-state index in [4.69, 9.17) is 0 Å². The van der Waals surface area contributed by atoms with Crippen LogP contribution in [0, 0.1) is 0 Å². The summed E-state index contributed by atoms with van der Waals surface area (Å²) in [6.45, 7) is 0. The highest BCUT2D eigenvalue weighted by atomic mass is 32.2. The van der Waals surface area contributed by atoms with Gasteiger partial charge in [-0.25, -0.2) is 13.4 Å². The molecule has 2 aromatic carbocycles. The third-order valence-electron chi connectivity index (χ3n) is 3.14. The normalized spacial score (nSPS) is 20.1. The Labute approximate surface area is 110 Å². The molecular weight excluding hydrogens is 266 g/mol. The average molecular weight is 279 g/mol. The van der Waals surface area contributed by atoms with Crippen molar-refractivity contribution in [1.29, 1.82) is 0 Å². The van der Waals surface area contributed by atoms with Gasteiger partial charge in [0.2, 0.25) is 0 Å². The third-order valence-corrected chi connectivity index (χ3v) is 6.06. The molecule has 0 saturated heterocycles. The van der Waals surface area contributed by atoms with Crippen LogP contribution in [-0.4, -0.2) is 25.5 Å². The van der Waals surface area contributed by atoms with E-state index in [9.17, 15) is 8.42 Å². The zero-order valence-electron chi connectivity index (χ0n) is 9.83. The lowest BCUT2D eigenvalue weighted by Gasteiger charge is -2.11. The fourth-order valence-corrected chi connectivity index (χ4v) is 5.04. The van der Waals surface area contributed by atoms with Gasteiger partial charge in [0.15, 0.2) is 0 Å². The quantitative estimate of drug-likeness (QED) is 0.830. The van der Waals surface area contributed by atoms with Crippen LogP contribution in [0.1, 0.15) is 0 Å². The minimum absolute atomic E-state index is 0.0839. The Balaban J connectivity index is 2.21. The Kier molecular flexibility index (Phi) is 2.87. The van der Waals surface area contributed by atoms with Crippen LogP contribution in [0.2, 0.25) is 0 Å². The summed E-state index contributed by atoms with van der Waals surface area (Å²) in [6.07, 6.45) is 2.08. The van der Waals surface area contributed by atoms with Gasteiger partial charge in [-0.1, -0.05) is 30.3 Å². The summed E-state index contributed by atoms with van der Waals surface area (Å²) in [4.78, 5) is 5.75. The third kappa shape index (κ3) is 1.83. The number of benzene rings is 2. The largest absolute Gasteiger partial charge is 0.245 e. The van der Waals surface area contributed by atoms with Crippen LogP contribution in [-0.2, 0) is 10.7 Å². The first-order chi connectivity index (χ1) is 8.66. The van der Waals surface area contributed by atoms with Crippen molar-refractivity contribution in [3.05, 3.63) is 36.4 Å². The van der Waals surface area contributed by atoms with Crippen molar-refractivity contribution in [2.75, 3.05) is 12.0 Å². The molecule has 0 saturated carbocycles. The molecule has 0 aliphatic carbocycles. The van der Waals surface area contributed by atoms with Gasteiger partial charge in [0.25, 0.3) is 0 Å². The summed E-state index contributed by atoms with van der Waals surface area (Å²) in [6, 6.07) is 12.2. The first-order valence-electron chi connectivity index (χ1n) is 5.61. The fourth-order valence-electron chi connectivity index (χ4n) is 2.23. The lowest BCUT2D eigenvalue weighted by molar-refractivity contribution is 0.618. The predicted octanol–water partition coefficient (Wildman–Crippen LogP) is 2.48. The van der Waals surface area contributed by atoms with Gasteiger partial charge in [-0.3, -0.25) is 0 Å². The van der Waals surface area contributed by atoms with E-state index in [1.165, 1.54) is 4.90 Å². The second-order valence-electron chi connectivity index (χ2n) is 4.23. The summed E-state index contributed by atoms with van der Waals surface area (Å²) < 4.78 is 21.8. The second-order valence-corrected chi connectivity index (χ2v) is 7.33. The van der Waals surface area contributed by atoms with Crippen LogP contribution in [0.4, 0.5) is 5.69 Å². The predicted molar refractivity (Wildman–Crippen MR) is 79.4 cm³/mol. The zero-order valence-corrected chi connectivity index (χ0v) is 11.6. The number of aliphatic imine (C=N–C) groups is 1. The van der Waals surface area contributed by atoms with Crippen molar-refractivity contribution >= 4 is 43.1 Å². The first kappa shape index (κ1) is 11.7. The summed E-state index contributed by atoms with van der Waals surface area (Å²) >= 11 is 0. The summed E-state index contributed by atoms with van der Waals surface area (Å²) in [5.41, 5.74) is 0.966. The highest BCUT2D eigenvalue weighted by molar-refractivity contribution is 8.30. The fraction of sp³-hybridized carbons (Fsp3) is 0.154. The molecule has 1 aliphatic rings. The Bertz CT molecular complexity index is 727. The Morgan fingerprint density at radius 2 is 1.94 bits per heavy atom. The molecule has 1 atom stereocenters. The Hall–Kier alpha value is -1.33. The topological polar surface area (TPSA) is 46.5 Å². The second kappa shape index (κ2) is 4.40. The van der Waals surface area contributed by atoms with E-state index < -0.39 is 21.6 Å². The molecule has 1 heterocycles. The number of fused-ring (bicyclic) bond motifs is 3. The summed E-state index contributed by atoms with van der Waals surface area (Å²) in [5.74, 6) is 0.0839. The summed E-state index contributed by atoms with van der Waals surface area (Å²) in [7, 11) is -2.98. The molecule has 5 heteroatoms. The van der Waals surface area contributed by atoms with Crippen molar-refractivity contribution in [2.24, 2.45) is 4.99 Å². The number of hydrogen-bond acceptors (Lipinski definition) is 3. The minimum atomic E-state index is -2.40. The number of rotatable bonds is 2. The monoisotopic (exact) mass is 279 g/mol. The van der Waals surface area contributed by atoms with E-state index in [1.54, 1.807) is 0 Å². The molecule has 1 aliphatic heterocycles. The van der Waals surface area contributed by atoms with E-state index in [0.717, 1.165) is 21.5 Å². The molecule has 1 unspecified atom stereocenters. The van der Waals surface area contributed by atoms with Crippen LogP contribution in [0.15, 0.2) is 46.3 Å². The molecule has 0 spiro atoms. The van der Waals surface area contributed by atoms with Gasteiger partial charge in [-0.05, 0) is 17.7 Å². The van der Waals surface area contributed by atoms with Crippen molar-refractivity contribution in [3.8, 4) is 0 Å². The van der Waals surface area contributed by atoms with Crippen LogP contribution in [0.5, 0.6) is 0 Å². The molecule has 18 heavy (non-hydrogen) atoms. The van der Waals surface area contributed by atoms with Gasteiger partial charge < -0.3 is 0 Å². The molecule has 0 N–H and O–H groups in total. The Morgan fingerprint density at radius 3 is 2.72 bits per heavy atom. The number of thiol groups is 2. The number of hydrogen-bond donors (Lipinski definition) is 2. The maximum absolute atomic E-state index is 10.9. The van der Waals surface area contributed by atoms with E-state index in [2.05, 4.69) is 29.4 Å². The molecule has 0 bridgehead atoms. The molecule has 94 valence electrons. The van der Waals surface area contributed by atoms with Crippen LogP contribution in [0.3, 0.4) is 0 Å². The van der Waals surface area contributed by atoms with Gasteiger partial charge in [-0.2, -0.15) is 10.9 Å². The van der Waals surface area contributed by atoms with Crippen LogP contribution in [0.25, 0.3) is 10.8 Å². The van der Waals surface area contributed by atoms with E-state index in [0.29, 0.717) is 0 Å². The highest BCUT2D eigenvalue weighted by Crippen LogP contribution is 2.50. The molecule has 2 aromatic rings. The van der Waals surface area contributed by atoms with Gasteiger partial charge in [0.05, 0.1) is 16.5 Å².